The summed E-state index contributed by atoms with van der Waals surface area (Å²) < 4.78 is 9.50. The van der Waals surface area contributed by atoms with Gasteiger partial charge < -0.3 is 9.30 Å². The molecule has 0 atom stereocenters. The predicted molar refractivity (Wildman–Crippen MR) is 150 cm³/mol. The van der Waals surface area contributed by atoms with Crippen LogP contribution < -0.4 is 10.3 Å². The first-order chi connectivity index (χ1) is 19.1. The molecular weight excluding hydrogens is 510 g/mol. The smallest absolute Gasteiger partial charge is 0.256 e. The van der Waals surface area contributed by atoms with Crippen molar-refractivity contribution >= 4 is 11.6 Å². The van der Waals surface area contributed by atoms with Gasteiger partial charge in [-0.2, -0.15) is 5.26 Å². The molecule has 0 aliphatic heterocycles. The minimum Gasteiger partial charge on any atom is -0.492 e. The Balaban J connectivity index is 1.24. The second kappa shape index (κ2) is 12.2. The first-order valence-electron chi connectivity index (χ1n) is 12.6. The van der Waals surface area contributed by atoms with E-state index >= 15 is 0 Å². The number of nitrogens with zero attached hydrogens (tertiary/aromatic N) is 5. The van der Waals surface area contributed by atoms with E-state index in [1.165, 1.54) is 16.2 Å². The lowest BCUT2D eigenvalue weighted by Crippen LogP contribution is -2.17. The van der Waals surface area contributed by atoms with Crippen molar-refractivity contribution in [2.24, 2.45) is 0 Å². The molecular formula is C31H26ClN5O2. The van der Waals surface area contributed by atoms with Gasteiger partial charge in [0.25, 0.3) is 5.56 Å². The maximum atomic E-state index is 12.2. The van der Waals surface area contributed by atoms with Gasteiger partial charge in [-0.25, -0.2) is 9.97 Å². The molecule has 2 aromatic carbocycles. The zero-order valence-corrected chi connectivity index (χ0v) is 22.0. The van der Waals surface area contributed by atoms with Crippen LogP contribution in [-0.2, 0) is 19.4 Å². The Labute approximate surface area is 231 Å². The second-order valence-electron chi connectivity index (χ2n) is 9.15. The van der Waals surface area contributed by atoms with E-state index in [0.29, 0.717) is 41.7 Å². The highest BCUT2D eigenvalue weighted by molar-refractivity contribution is 6.30. The van der Waals surface area contributed by atoms with Crippen molar-refractivity contribution in [1.29, 1.82) is 5.26 Å². The first kappa shape index (κ1) is 26.0. The third-order valence-corrected chi connectivity index (χ3v) is 6.57. The summed E-state index contributed by atoms with van der Waals surface area (Å²) >= 11 is 6.04. The highest BCUT2D eigenvalue weighted by Crippen LogP contribution is 2.22. The van der Waals surface area contributed by atoms with Crippen LogP contribution in [0.25, 0.3) is 5.82 Å². The van der Waals surface area contributed by atoms with E-state index in [-0.39, 0.29) is 5.56 Å². The van der Waals surface area contributed by atoms with Crippen molar-refractivity contribution < 1.29 is 4.74 Å². The number of aryl methyl sites for hydroxylation is 1. The van der Waals surface area contributed by atoms with Gasteiger partial charge in [0, 0.05) is 43.3 Å². The highest BCUT2D eigenvalue weighted by Gasteiger charge is 2.10. The lowest BCUT2D eigenvalue weighted by atomic mass is 10.1. The molecule has 0 aliphatic rings. The molecule has 0 bridgehead atoms. The number of rotatable bonds is 10. The van der Waals surface area contributed by atoms with Gasteiger partial charge in [0.2, 0.25) is 0 Å². The van der Waals surface area contributed by atoms with Gasteiger partial charge in [-0.15, -0.1) is 0 Å². The summed E-state index contributed by atoms with van der Waals surface area (Å²) in [6.45, 7) is 1.12. The van der Waals surface area contributed by atoms with E-state index < -0.39 is 0 Å². The third-order valence-electron chi connectivity index (χ3n) is 6.34. The van der Waals surface area contributed by atoms with E-state index in [9.17, 15) is 10.1 Å². The fraction of sp³-hybridized carbons (Fsp3) is 0.161. The summed E-state index contributed by atoms with van der Waals surface area (Å²) in [6.07, 6.45) is 9.34. The largest absolute Gasteiger partial charge is 0.492 e. The molecule has 0 spiro atoms. The van der Waals surface area contributed by atoms with E-state index in [4.69, 9.17) is 16.3 Å². The molecule has 5 rings (SSSR count). The molecule has 0 aliphatic carbocycles. The van der Waals surface area contributed by atoms with Gasteiger partial charge in [0.05, 0.1) is 23.5 Å². The van der Waals surface area contributed by atoms with Gasteiger partial charge in [0.15, 0.2) is 0 Å². The van der Waals surface area contributed by atoms with Crippen LogP contribution in [0.1, 0.15) is 34.4 Å². The number of nitriles is 1. The van der Waals surface area contributed by atoms with Crippen molar-refractivity contribution in [3.63, 3.8) is 0 Å². The molecule has 0 amide bonds. The summed E-state index contributed by atoms with van der Waals surface area (Å²) in [5, 5.41) is 10.0. The summed E-state index contributed by atoms with van der Waals surface area (Å²) in [5.41, 5.74) is 4.61. The Morgan fingerprint density at radius 2 is 1.79 bits per heavy atom. The fourth-order valence-electron chi connectivity index (χ4n) is 4.33. The van der Waals surface area contributed by atoms with Crippen molar-refractivity contribution in [2.75, 3.05) is 6.61 Å². The van der Waals surface area contributed by atoms with E-state index in [2.05, 4.69) is 32.7 Å². The van der Waals surface area contributed by atoms with E-state index in [0.717, 1.165) is 29.7 Å². The minimum absolute atomic E-state index is 0.195. The van der Waals surface area contributed by atoms with Gasteiger partial charge in [-0.1, -0.05) is 54.1 Å². The van der Waals surface area contributed by atoms with Gasteiger partial charge in [-0.3, -0.25) is 9.36 Å². The Morgan fingerprint density at radius 1 is 0.949 bits per heavy atom. The molecule has 0 saturated carbocycles. The molecule has 0 fully saturated rings. The zero-order chi connectivity index (χ0) is 27.0. The summed E-state index contributed by atoms with van der Waals surface area (Å²) in [6, 6.07) is 24.9. The number of imidazole rings is 1. The molecule has 39 heavy (non-hydrogen) atoms. The molecule has 0 radical (unpaired) electrons. The summed E-state index contributed by atoms with van der Waals surface area (Å²) in [4.78, 5) is 21.0. The molecule has 3 aromatic heterocycles. The van der Waals surface area contributed by atoms with E-state index in [1.807, 2.05) is 42.6 Å². The second-order valence-corrected chi connectivity index (χ2v) is 9.59. The van der Waals surface area contributed by atoms with Crippen molar-refractivity contribution in [1.82, 2.24) is 19.1 Å². The lowest BCUT2D eigenvalue weighted by Gasteiger charge is -2.12. The molecule has 3 heterocycles. The van der Waals surface area contributed by atoms with Crippen LogP contribution in [0.2, 0.25) is 5.02 Å². The normalized spacial score (nSPS) is 10.8. The quantitative estimate of drug-likeness (QED) is 0.217. The maximum absolute atomic E-state index is 12.2. The number of halogens is 1. The Hall–Kier alpha value is -4.67. The number of pyridine rings is 2. The number of hydrogen-bond acceptors (Lipinski definition) is 5. The number of ether oxygens (including phenoxy) is 1. The Kier molecular flexibility index (Phi) is 8.15. The Morgan fingerprint density at radius 3 is 2.59 bits per heavy atom. The van der Waals surface area contributed by atoms with Crippen molar-refractivity contribution in [3.8, 4) is 17.6 Å². The summed E-state index contributed by atoms with van der Waals surface area (Å²) in [5.74, 6) is 1.11. The van der Waals surface area contributed by atoms with Gasteiger partial charge >= 0.3 is 0 Å². The predicted octanol–water partition coefficient (Wildman–Crippen LogP) is 5.60. The Bertz CT molecular complexity index is 1650. The lowest BCUT2D eigenvalue weighted by molar-refractivity contribution is 0.310. The van der Waals surface area contributed by atoms with Crippen LogP contribution in [0.5, 0.6) is 5.75 Å². The number of hydrogen-bond donors (Lipinski definition) is 0. The van der Waals surface area contributed by atoms with Crippen LogP contribution in [0.3, 0.4) is 0 Å². The average molecular weight is 536 g/mol. The number of aromatic nitrogens is 4. The van der Waals surface area contributed by atoms with Crippen LogP contribution in [-0.4, -0.2) is 25.7 Å². The van der Waals surface area contributed by atoms with Crippen LogP contribution in [0.15, 0.2) is 103 Å². The van der Waals surface area contributed by atoms with E-state index in [1.54, 1.807) is 36.9 Å². The molecule has 0 unspecified atom stereocenters. The average Bonchev–Trinajstić information content (AvgIpc) is 3.39. The zero-order valence-electron chi connectivity index (χ0n) is 21.2. The van der Waals surface area contributed by atoms with Crippen molar-refractivity contribution in [3.05, 3.63) is 141 Å². The molecule has 7 nitrogen and oxygen atoms in total. The van der Waals surface area contributed by atoms with Crippen LogP contribution in [0, 0.1) is 11.3 Å². The molecule has 194 valence electrons. The highest BCUT2D eigenvalue weighted by atomic mass is 35.5. The van der Waals surface area contributed by atoms with Gasteiger partial charge in [0.1, 0.15) is 17.6 Å². The monoisotopic (exact) mass is 535 g/mol. The van der Waals surface area contributed by atoms with Crippen LogP contribution in [0.4, 0.5) is 0 Å². The fourth-order valence-corrected chi connectivity index (χ4v) is 4.49. The number of benzene rings is 2. The first-order valence-corrected chi connectivity index (χ1v) is 13.0. The SMILES string of the molecule is N#Cc1ccc(Cn2cncc2Cc2ccc(-n3cc(Cl)ccc3=O)nc2)cc1OCCCc1ccccc1. The topological polar surface area (TPSA) is 85.7 Å². The minimum atomic E-state index is -0.195. The molecule has 5 aromatic rings. The third kappa shape index (κ3) is 6.61. The molecule has 0 saturated heterocycles. The van der Waals surface area contributed by atoms with Gasteiger partial charge in [-0.05, 0) is 53.8 Å². The summed E-state index contributed by atoms with van der Waals surface area (Å²) in [7, 11) is 0. The molecule has 0 N–H and O–H groups in total. The van der Waals surface area contributed by atoms with Crippen LogP contribution >= 0.6 is 11.6 Å². The molecule has 8 heteroatoms. The maximum Gasteiger partial charge on any atom is 0.256 e. The standard InChI is InChI=1S/C31H26ClN5O2/c32-27-11-13-31(38)37(21-27)30-12-9-24(18-35-30)15-28-19-34-22-36(28)20-25-8-10-26(17-33)29(16-25)39-14-4-7-23-5-2-1-3-6-23/h1-3,5-6,8-13,16,18-19,21-22H,4,7,14-15,20H2. The van der Waals surface area contributed by atoms with Crippen molar-refractivity contribution in [2.45, 2.75) is 25.8 Å².